The zero-order valence-electron chi connectivity index (χ0n) is 19.7. The lowest BCUT2D eigenvalue weighted by atomic mass is 10.1. The van der Waals surface area contributed by atoms with Gasteiger partial charge in [-0.1, -0.05) is 60.1 Å². The maximum atomic E-state index is 13.2. The summed E-state index contributed by atoms with van der Waals surface area (Å²) in [4.78, 5) is 23.6. The lowest BCUT2D eigenvalue weighted by Gasteiger charge is -2.15. The molecule has 3 heterocycles. The Kier molecular flexibility index (Phi) is 6.05. The monoisotopic (exact) mass is 485 g/mol. The van der Waals surface area contributed by atoms with Crippen molar-refractivity contribution in [1.82, 2.24) is 34.3 Å². The van der Waals surface area contributed by atoms with Gasteiger partial charge >= 0.3 is 0 Å². The zero-order valence-corrected chi connectivity index (χ0v) is 20.4. The Bertz CT molecular complexity index is 1520. The van der Waals surface area contributed by atoms with Crippen LogP contribution in [0.15, 0.2) is 66.9 Å². The molecule has 0 aliphatic rings. The Labute approximate surface area is 207 Å². The number of carbonyl (C=O) groups is 1. The van der Waals surface area contributed by atoms with Crippen LogP contribution in [0.1, 0.15) is 33.1 Å². The first-order valence-electron chi connectivity index (χ1n) is 11.2. The molecule has 0 aliphatic carbocycles. The molecule has 0 bridgehead atoms. The highest BCUT2D eigenvalue weighted by atomic mass is 35.5. The maximum Gasteiger partial charge on any atom is 0.293 e. The predicted octanol–water partition coefficient (Wildman–Crippen LogP) is 4.58. The first-order valence-corrected chi connectivity index (χ1v) is 11.6. The number of hydrogen-bond donors (Lipinski definition) is 0. The molecule has 0 aliphatic heterocycles. The number of carbonyl (C=O) groups excluding carboxylic acids is 1. The molecule has 0 atom stereocenters. The molecule has 0 radical (unpaired) electrons. The summed E-state index contributed by atoms with van der Waals surface area (Å²) in [6, 6.07) is 19.5. The van der Waals surface area contributed by atoms with Crippen LogP contribution < -0.4 is 0 Å². The predicted molar refractivity (Wildman–Crippen MR) is 134 cm³/mol. The van der Waals surface area contributed by atoms with Crippen LogP contribution in [-0.4, -0.2) is 47.2 Å². The Hall–Kier alpha value is -4.04. The molecule has 0 N–H and O–H groups in total. The van der Waals surface area contributed by atoms with Crippen molar-refractivity contribution in [3.8, 4) is 11.3 Å². The van der Waals surface area contributed by atoms with Gasteiger partial charge in [-0.2, -0.15) is 10.1 Å². The van der Waals surface area contributed by atoms with Gasteiger partial charge in [0.25, 0.3) is 11.7 Å². The normalized spacial score (nSPS) is 11.2. The summed E-state index contributed by atoms with van der Waals surface area (Å²) in [5, 5.41) is 9.91. The van der Waals surface area contributed by atoms with Crippen molar-refractivity contribution in [3.63, 3.8) is 0 Å². The van der Waals surface area contributed by atoms with Crippen molar-refractivity contribution in [2.45, 2.75) is 26.9 Å². The number of halogens is 1. The molecule has 35 heavy (non-hydrogen) atoms. The summed E-state index contributed by atoms with van der Waals surface area (Å²) in [7, 11) is 1.74. The number of fused-ring (bicyclic) bond motifs is 1. The van der Waals surface area contributed by atoms with Gasteiger partial charge in [0.1, 0.15) is 0 Å². The molecular formula is C26H24ClN7O. The minimum atomic E-state index is -0.287. The van der Waals surface area contributed by atoms with E-state index in [1.807, 2.05) is 85.4 Å². The molecule has 3 aromatic heterocycles. The van der Waals surface area contributed by atoms with Gasteiger partial charge in [0.05, 0.1) is 12.2 Å². The summed E-state index contributed by atoms with van der Waals surface area (Å²) in [6.07, 6.45) is 1.96. The van der Waals surface area contributed by atoms with Crippen molar-refractivity contribution in [2.75, 3.05) is 7.05 Å². The summed E-state index contributed by atoms with van der Waals surface area (Å²) in [5.41, 5.74) is 5.37. The lowest BCUT2D eigenvalue weighted by molar-refractivity contribution is 0.0773. The Morgan fingerprint density at radius 2 is 1.71 bits per heavy atom. The van der Waals surface area contributed by atoms with Gasteiger partial charge in [-0.25, -0.2) is 9.50 Å². The van der Waals surface area contributed by atoms with E-state index in [-0.39, 0.29) is 11.7 Å². The number of nitrogens with zero attached hydrogens (tertiary/aromatic N) is 7. The van der Waals surface area contributed by atoms with E-state index in [1.54, 1.807) is 16.5 Å². The van der Waals surface area contributed by atoms with Crippen molar-refractivity contribution in [1.29, 1.82) is 0 Å². The van der Waals surface area contributed by atoms with E-state index in [2.05, 4.69) is 15.1 Å². The maximum absolute atomic E-state index is 13.2. The van der Waals surface area contributed by atoms with Crippen LogP contribution in [-0.2, 0) is 13.1 Å². The molecule has 9 heteroatoms. The van der Waals surface area contributed by atoms with Crippen molar-refractivity contribution < 1.29 is 4.79 Å². The third-order valence-corrected chi connectivity index (χ3v) is 6.11. The lowest BCUT2D eigenvalue weighted by Crippen LogP contribution is -2.27. The van der Waals surface area contributed by atoms with E-state index >= 15 is 0 Å². The van der Waals surface area contributed by atoms with E-state index in [4.69, 9.17) is 16.7 Å². The molecule has 5 aromatic rings. The van der Waals surface area contributed by atoms with Crippen molar-refractivity contribution >= 4 is 23.3 Å². The molecule has 5 rings (SSSR count). The molecule has 2 aromatic carbocycles. The van der Waals surface area contributed by atoms with Crippen LogP contribution in [0.4, 0.5) is 0 Å². The van der Waals surface area contributed by atoms with Gasteiger partial charge < -0.3 is 4.90 Å². The summed E-state index contributed by atoms with van der Waals surface area (Å²) in [6.45, 7) is 4.66. The third-order valence-electron chi connectivity index (χ3n) is 5.74. The number of benzene rings is 2. The van der Waals surface area contributed by atoms with E-state index in [1.165, 1.54) is 0 Å². The standard InChI is InChI=1S/C26H24ClN7O/c1-17-13-18(2)34-26(28-17)29-24(31-34)25(35)32(3)14-21-16-33(15-20-11-7-8-12-22(20)27)30-23(21)19-9-5-4-6-10-19/h4-13,16H,14-15H2,1-3H3. The molecule has 8 nitrogen and oxygen atoms in total. The van der Waals surface area contributed by atoms with Gasteiger partial charge in [-0.3, -0.25) is 9.48 Å². The minimum Gasteiger partial charge on any atom is -0.334 e. The summed E-state index contributed by atoms with van der Waals surface area (Å²) < 4.78 is 3.45. The van der Waals surface area contributed by atoms with E-state index < -0.39 is 0 Å². The SMILES string of the molecule is Cc1cc(C)n2nc(C(=O)N(C)Cc3cn(Cc4ccccc4Cl)nc3-c3ccccc3)nc2n1. The highest BCUT2D eigenvalue weighted by molar-refractivity contribution is 6.31. The van der Waals surface area contributed by atoms with E-state index in [9.17, 15) is 4.79 Å². The topological polar surface area (TPSA) is 81.2 Å². The van der Waals surface area contributed by atoms with Crippen molar-refractivity contribution in [3.05, 3.63) is 100 Å². The van der Waals surface area contributed by atoms with Crippen LogP contribution in [0.2, 0.25) is 5.02 Å². The van der Waals surface area contributed by atoms with E-state index in [0.717, 1.165) is 33.8 Å². The molecule has 0 unspecified atom stereocenters. The Morgan fingerprint density at radius 3 is 2.49 bits per heavy atom. The quantitative estimate of drug-likeness (QED) is 0.351. The third kappa shape index (κ3) is 4.65. The molecule has 0 spiro atoms. The van der Waals surface area contributed by atoms with Gasteiger partial charge in [0.15, 0.2) is 0 Å². The smallest absolute Gasteiger partial charge is 0.293 e. The molecular weight excluding hydrogens is 462 g/mol. The van der Waals surface area contributed by atoms with Crippen LogP contribution >= 0.6 is 11.6 Å². The first-order chi connectivity index (χ1) is 16.9. The molecule has 0 fully saturated rings. The second kappa shape index (κ2) is 9.31. The molecule has 0 saturated carbocycles. The zero-order chi connectivity index (χ0) is 24.5. The number of amides is 1. The van der Waals surface area contributed by atoms with Gasteiger partial charge in [0.2, 0.25) is 5.82 Å². The van der Waals surface area contributed by atoms with Gasteiger partial charge in [-0.05, 0) is 31.5 Å². The largest absolute Gasteiger partial charge is 0.334 e. The number of hydrogen-bond acceptors (Lipinski definition) is 5. The highest BCUT2D eigenvalue weighted by Crippen LogP contribution is 2.25. The molecule has 1 amide bonds. The van der Waals surface area contributed by atoms with Crippen LogP contribution in [0.25, 0.3) is 17.0 Å². The fraction of sp³-hybridized carbons (Fsp3) is 0.192. The molecule has 176 valence electrons. The highest BCUT2D eigenvalue weighted by Gasteiger charge is 2.22. The second-order valence-electron chi connectivity index (χ2n) is 8.51. The van der Waals surface area contributed by atoms with Crippen molar-refractivity contribution in [2.24, 2.45) is 0 Å². The first kappa shape index (κ1) is 22.7. The summed E-state index contributed by atoms with van der Waals surface area (Å²) in [5.74, 6) is 0.237. The average Bonchev–Trinajstić information content (AvgIpc) is 3.45. The summed E-state index contributed by atoms with van der Waals surface area (Å²) >= 11 is 6.37. The van der Waals surface area contributed by atoms with Crippen LogP contribution in [0.3, 0.4) is 0 Å². The Balaban J connectivity index is 1.45. The fourth-order valence-corrected chi connectivity index (χ4v) is 4.25. The number of aryl methyl sites for hydroxylation is 2. The van der Waals surface area contributed by atoms with Gasteiger partial charge in [0, 0.05) is 47.3 Å². The number of rotatable bonds is 6. The van der Waals surface area contributed by atoms with Crippen LogP contribution in [0.5, 0.6) is 0 Å². The van der Waals surface area contributed by atoms with Crippen LogP contribution in [0, 0.1) is 13.8 Å². The fourth-order valence-electron chi connectivity index (χ4n) is 4.05. The Morgan fingerprint density at radius 1 is 0.971 bits per heavy atom. The average molecular weight is 486 g/mol. The van der Waals surface area contributed by atoms with E-state index in [0.29, 0.717) is 23.9 Å². The molecule has 0 saturated heterocycles. The number of aromatic nitrogens is 6. The minimum absolute atomic E-state index is 0.110. The van der Waals surface area contributed by atoms with Gasteiger partial charge in [-0.15, -0.1) is 5.10 Å². The second-order valence-corrected chi connectivity index (χ2v) is 8.91.